The quantitative estimate of drug-likeness (QED) is 0.334. The molecule has 0 radical (unpaired) electrons. The fraction of sp³-hybridized carbons (Fsp3) is 0.375. The third-order valence-electron chi connectivity index (χ3n) is 6.83. The molecule has 1 aliphatic heterocycles. The number of carbonyl (C=O) groups is 1. The molecule has 0 aromatic carbocycles. The minimum atomic E-state index is -4.57. The highest BCUT2D eigenvalue weighted by Crippen LogP contribution is 2.54. The van der Waals surface area contributed by atoms with Crippen LogP contribution in [0.4, 0.5) is 30.8 Å². The number of imidazole rings is 1. The normalized spacial score (nSPS) is 16.7. The Hall–Kier alpha value is -3.91. The number of rotatable bonds is 6. The van der Waals surface area contributed by atoms with Crippen LogP contribution in [0, 0.1) is 5.41 Å². The summed E-state index contributed by atoms with van der Waals surface area (Å²) in [7, 11) is 1.64. The zero-order valence-corrected chi connectivity index (χ0v) is 21.5. The molecule has 0 unspecified atom stereocenters. The van der Waals surface area contributed by atoms with E-state index in [1.807, 2.05) is 0 Å². The number of pyridine rings is 2. The predicted molar refractivity (Wildman–Crippen MR) is 134 cm³/mol. The van der Waals surface area contributed by atoms with Gasteiger partial charge in [-0.3, -0.25) is 9.48 Å². The van der Waals surface area contributed by atoms with Crippen molar-refractivity contribution in [3.05, 3.63) is 41.3 Å². The van der Waals surface area contributed by atoms with E-state index in [9.17, 15) is 18.0 Å². The molecule has 5 heterocycles. The molecule has 4 aromatic rings. The molecule has 2 fully saturated rings. The molecule has 15 heteroatoms. The number of nitrogens with zero attached hydrogens (tertiary/aromatic N) is 6. The highest BCUT2D eigenvalue weighted by atomic mass is 35.5. The van der Waals surface area contributed by atoms with E-state index in [0.717, 1.165) is 10.7 Å². The molecule has 0 atom stereocenters. The van der Waals surface area contributed by atoms with Crippen LogP contribution in [0.2, 0.25) is 5.02 Å². The second-order valence-corrected chi connectivity index (χ2v) is 10.2. The molecule has 6 rings (SSSR count). The Morgan fingerprint density at radius 3 is 2.67 bits per heavy atom. The molecule has 2 aliphatic rings. The summed E-state index contributed by atoms with van der Waals surface area (Å²) in [5.41, 5.74) is -0.192. The van der Waals surface area contributed by atoms with Gasteiger partial charge in [0.05, 0.1) is 25.5 Å². The van der Waals surface area contributed by atoms with Gasteiger partial charge in [0.15, 0.2) is 17.2 Å². The first-order chi connectivity index (χ1) is 18.5. The lowest BCUT2D eigenvalue weighted by atomic mass is 9.64. The topological polar surface area (TPSA) is 121 Å². The van der Waals surface area contributed by atoms with Crippen molar-refractivity contribution >= 4 is 46.3 Å². The molecule has 204 valence electrons. The van der Waals surface area contributed by atoms with Gasteiger partial charge in [-0.2, -0.15) is 23.3 Å². The van der Waals surface area contributed by atoms with Gasteiger partial charge in [0.25, 0.3) is 0 Å². The van der Waals surface area contributed by atoms with E-state index in [1.54, 1.807) is 17.7 Å². The Bertz CT molecular complexity index is 1590. The van der Waals surface area contributed by atoms with Crippen LogP contribution in [-0.2, 0) is 22.8 Å². The molecular formula is C24H22ClF3N8O3. The van der Waals surface area contributed by atoms with Crippen molar-refractivity contribution in [3.8, 4) is 11.5 Å². The van der Waals surface area contributed by atoms with Gasteiger partial charge in [-0.15, -0.1) is 0 Å². The zero-order valence-electron chi connectivity index (χ0n) is 20.7. The first-order valence-corrected chi connectivity index (χ1v) is 12.3. The lowest BCUT2D eigenvalue weighted by Gasteiger charge is -2.53. The van der Waals surface area contributed by atoms with Gasteiger partial charge in [-0.25, -0.2) is 9.97 Å². The number of fused-ring (bicyclic) bond motifs is 1. The Labute approximate surface area is 224 Å². The summed E-state index contributed by atoms with van der Waals surface area (Å²) in [6.07, 6.45) is -0.537. The first kappa shape index (κ1) is 25.4. The van der Waals surface area contributed by atoms with Gasteiger partial charge >= 0.3 is 6.18 Å². The van der Waals surface area contributed by atoms with E-state index < -0.39 is 11.9 Å². The molecule has 39 heavy (non-hydrogen) atoms. The molecule has 0 bridgehead atoms. The van der Waals surface area contributed by atoms with E-state index >= 15 is 0 Å². The third-order valence-corrected chi connectivity index (χ3v) is 7.20. The summed E-state index contributed by atoms with van der Waals surface area (Å²) in [6, 6.07) is 3.73. The van der Waals surface area contributed by atoms with Gasteiger partial charge < -0.3 is 24.7 Å². The van der Waals surface area contributed by atoms with Gasteiger partial charge in [0.2, 0.25) is 11.9 Å². The minimum absolute atomic E-state index is 0.00132. The average molecular weight is 563 g/mol. The van der Waals surface area contributed by atoms with E-state index in [0.29, 0.717) is 43.1 Å². The van der Waals surface area contributed by atoms with Crippen molar-refractivity contribution < 1.29 is 27.4 Å². The molecule has 1 aliphatic carbocycles. The van der Waals surface area contributed by atoms with Gasteiger partial charge in [0, 0.05) is 37.7 Å². The number of alkyl halides is 3. The molecule has 1 saturated carbocycles. The summed E-state index contributed by atoms with van der Waals surface area (Å²) in [6.45, 7) is 2.52. The van der Waals surface area contributed by atoms with Crippen molar-refractivity contribution in [2.24, 2.45) is 12.5 Å². The number of anilines is 3. The summed E-state index contributed by atoms with van der Waals surface area (Å²) in [5.74, 6) is 0.779. The Morgan fingerprint density at radius 2 is 2.00 bits per heavy atom. The van der Waals surface area contributed by atoms with Crippen LogP contribution >= 0.6 is 11.6 Å². The van der Waals surface area contributed by atoms with Crippen LogP contribution in [0.5, 0.6) is 11.5 Å². The Morgan fingerprint density at radius 1 is 1.23 bits per heavy atom. The lowest BCUT2D eigenvalue weighted by molar-refractivity contribution is -0.182. The highest BCUT2D eigenvalue weighted by molar-refractivity contribution is 6.36. The maximum absolute atomic E-state index is 13.8. The van der Waals surface area contributed by atoms with Crippen LogP contribution in [0.25, 0.3) is 11.2 Å². The smallest absolute Gasteiger partial charge is 0.433 e. The second-order valence-electron chi connectivity index (χ2n) is 9.80. The standard InChI is InChI=1S/C24H22ClF3N8O3/c1-12(37)31-17-5-14(3-4-29-17)39-15-9-30-21-20(19(15)25)35(2)22(33-21)32-18-6-16(24(26,27)28)36(34-18)13-7-23(8-13)10-38-11-23/h3-6,9,13H,7-8,10-11H2,1-2H3,(H,29,31,37)(H,30,32,33,34). The van der Waals surface area contributed by atoms with Crippen molar-refractivity contribution in [2.45, 2.75) is 32.0 Å². The summed E-state index contributed by atoms with van der Waals surface area (Å²) >= 11 is 6.62. The van der Waals surface area contributed by atoms with E-state index in [1.165, 1.54) is 25.4 Å². The molecular weight excluding hydrogens is 541 g/mol. The van der Waals surface area contributed by atoms with Crippen LogP contribution in [0.1, 0.15) is 31.5 Å². The number of amides is 1. The van der Waals surface area contributed by atoms with Gasteiger partial charge in [-0.05, 0) is 18.9 Å². The average Bonchev–Trinajstić information content (AvgIpc) is 3.36. The number of halogens is 4. The van der Waals surface area contributed by atoms with Crippen LogP contribution in [0.15, 0.2) is 30.6 Å². The first-order valence-electron chi connectivity index (χ1n) is 12.0. The van der Waals surface area contributed by atoms with Crippen molar-refractivity contribution in [1.82, 2.24) is 29.3 Å². The SMILES string of the molecule is CC(=O)Nc1cc(Oc2cnc3nc(Nc4cc(C(F)(F)F)n(C5CC6(COC6)C5)n4)n(C)c3c2Cl)ccn1. The summed E-state index contributed by atoms with van der Waals surface area (Å²) in [4.78, 5) is 24.0. The van der Waals surface area contributed by atoms with E-state index in [4.69, 9.17) is 21.1 Å². The molecule has 1 saturated heterocycles. The van der Waals surface area contributed by atoms with Crippen LogP contribution < -0.4 is 15.4 Å². The maximum Gasteiger partial charge on any atom is 0.433 e. The number of ether oxygens (including phenoxy) is 2. The third kappa shape index (κ3) is 4.63. The van der Waals surface area contributed by atoms with Crippen LogP contribution in [-0.4, -0.2) is 48.4 Å². The number of hydrogen-bond acceptors (Lipinski definition) is 8. The molecule has 11 nitrogen and oxygen atoms in total. The highest BCUT2D eigenvalue weighted by Gasteiger charge is 2.52. The van der Waals surface area contributed by atoms with Crippen molar-refractivity contribution in [1.29, 1.82) is 0 Å². The van der Waals surface area contributed by atoms with Gasteiger partial charge in [-0.1, -0.05) is 11.6 Å². The second kappa shape index (κ2) is 9.09. The fourth-order valence-electron chi connectivity index (χ4n) is 4.95. The number of nitrogens with one attached hydrogen (secondary N) is 2. The Kier molecular flexibility index (Phi) is 5.91. The number of carbonyl (C=O) groups excluding carboxylic acids is 1. The largest absolute Gasteiger partial charge is 0.454 e. The van der Waals surface area contributed by atoms with Crippen molar-refractivity contribution in [3.63, 3.8) is 0 Å². The fourth-order valence-corrected chi connectivity index (χ4v) is 5.24. The van der Waals surface area contributed by atoms with E-state index in [-0.39, 0.29) is 45.5 Å². The molecule has 2 N–H and O–H groups in total. The summed E-state index contributed by atoms with van der Waals surface area (Å²) in [5, 5.41) is 9.86. The maximum atomic E-state index is 13.8. The number of hydrogen-bond donors (Lipinski definition) is 2. The number of aryl methyl sites for hydroxylation is 1. The molecule has 1 amide bonds. The zero-order chi connectivity index (χ0) is 27.5. The van der Waals surface area contributed by atoms with Gasteiger partial charge in [0.1, 0.15) is 27.8 Å². The molecule has 4 aromatic heterocycles. The minimum Gasteiger partial charge on any atom is -0.454 e. The van der Waals surface area contributed by atoms with Crippen LogP contribution in [0.3, 0.4) is 0 Å². The summed E-state index contributed by atoms with van der Waals surface area (Å²) < 4.78 is 55.2. The molecule has 1 spiro atoms. The van der Waals surface area contributed by atoms with Crippen molar-refractivity contribution in [2.75, 3.05) is 23.8 Å². The predicted octanol–water partition coefficient (Wildman–Crippen LogP) is 5.08. The monoisotopic (exact) mass is 562 g/mol. The lowest BCUT2D eigenvalue weighted by Crippen LogP contribution is -2.53. The Balaban J connectivity index is 1.27. The number of aromatic nitrogens is 6. The van der Waals surface area contributed by atoms with E-state index in [2.05, 4.69) is 30.7 Å².